The van der Waals surface area contributed by atoms with Crippen molar-refractivity contribution < 1.29 is 14.7 Å². The zero-order chi connectivity index (χ0) is 15.0. The summed E-state index contributed by atoms with van der Waals surface area (Å²) in [5, 5.41) is 21.9. The maximum absolute atomic E-state index is 12.3. The molecule has 1 aromatic heterocycles. The molecule has 0 aliphatic heterocycles. The molecule has 2 aliphatic carbocycles. The van der Waals surface area contributed by atoms with Crippen LogP contribution in [0.2, 0.25) is 0 Å². The van der Waals surface area contributed by atoms with Crippen molar-refractivity contribution in [3.63, 3.8) is 0 Å². The molecule has 21 heavy (non-hydrogen) atoms. The van der Waals surface area contributed by atoms with E-state index >= 15 is 0 Å². The molecule has 2 N–H and O–H groups in total. The van der Waals surface area contributed by atoms with Gasteiger partial charge < -0.3 is 10.4 Å². The Morgan fingerprint density at radius 3 is 2.71 bits per heavy atom. The van der Waals surface area contributed by atoms with Gasteiger partial charge in [-0.15, -0.1) is 11.3 Å². The lowest BCUT2D eigenvalue weighted by Gasteiger charge is -2.15. The second kappa shape index (κ2) is 5.49. The Bertz CT molecular complexity index is 644. The van der Waals surface area contributed by atoms with Crippen LogP contribution in [0, 0.1) is 23.2 Å². The van der Waals surface area contributed by atoms with Crippen molar-refractivity contribution in [1.82, 2.24) is 0 Å². The van der Waals surface area contributed by atoms with E-state index in [1.54, 1.807) is 0 Å². The molecule has 0 spiro atoms. The van der Waals surface area contributed by atoms with E-state index in [2.05, 4.69) is 11.4 Å². The van der Waals surface area contributed by atoms with Gasteiger partial charge in [0, 0.05) is 4.88 Å². The van der Waals surface area contributed by atoms with Crippen LogP contribution in [0.1, 0.15) is 41.7 Å². The second-order valence-electron chi connectivity index (χ2n) is 5.64. The number of aliphatic carboxylic acids is 1. The van der Waals surface area contributed by atoms with Gasteiger partial charge in [-0.3, -0.25) is 9.59 Å². The first-order valence-electron chi connectivity index (χ1n) is 7.20. The van der Waals surface area contributed by atoms with Gasteiger partial charge in [0.25, 0.3) is 0 Å². The number of anilines is 1. The van der Waals surface area contributed by atoms with Crippen molar-refractivity contribution in [2.45, 2.75) is 38.5 Å². The number of thiophene rings is 1. The Hall–Kier alpha value is -1.87. The van der Waals surface area contributed by atoms with Gasteiger partial charge in [0.05, 0.1) is 17.4 Å². The van der Waals surface area contributed by atoms with Crippen LogP contribution in [-0.2, 0) is 22.4 Å². The van der Waals surface area contributed by atoms with E-state index < -0.39 is 17.8 Å². The number of carbonyl (C=O) groups excluding carboxylic acids is 1. The summed E-state index contributed by atoms with van der Waals surface area (Å²) in [6.45, 7) is 0. The van der Waals surface area contributed by atoms with E-state index in [4.69, 9.17) is 5.11 Å². The van der Waals surface area contributed by atoms with Gasteiger partial charge in [-0.2, -0.15) is 5.26 Å². The summed E-state index contributed by atoms with van der Waals surface area (Å²) < 4.78 is 0. The highest BCUT2D eigenvalue weighted by molar-refractivity contribution is 7.16. The van der Waals surface area contributed by atoms with Gasteiger partial charge in [-0.25, -0.2) is 0 Å². The van der Waals surface area contributed by atoms with Crippen LogP contribution in [0.15, 0.2) is 0 Å². The topological polar surface area (TPSA) is 90.2 Å². The highest BCUT2D eigenvalue weighted by atomic mass is 32.1. The minimum Gasteiger partial charge on any atom is -0.481 e. The first-order chi connectivity index (χ1) is 10.1. The molecule has 2 atom stereocenters. The molecule has 2 aliphatic rings. The third-order valence-electron chi connectivity index (χ3n) is 4.44. The van der Waals surface area contributed by atoms with Crippen LogP contribution in [-0.4, -0.2) is 17.0 Å². The smallest absolute Gasteiger partial charge is 0.307 e. The first kappa shape index (κ1) is 14.1. The third-order valence-corrected chi connectivity index (χ3v) is 5.65. The van der Waals surface area contributed by atoms with Gasteiger partial charge in [0.1, 0.15) is 11.1 Å². The lowest BCUT2D eigenvalue weighted by molar-refractivity contribution is -0.145. The van der Waals surface area contributed by atoms with E-state index in [-0.39, 0.29) is 5.91 Å². The van der Waals surface area contributed by atoms with Crippen molar-refractivity contribution in [3.8, 4) is 6.07 Å². The molecule has 6 heteroatoms. The molecule has 1 heterocycles. The molecule has 0 saturated heterocycles. The summed E-state index contributed by atoms with van der Waals surface area (Å²) in [6.07, 6.45) is 4.85. The van der Waals surface area contributed by atoms with Gasteiger partial charge >= 0.3 is 5.97 Å². The van der Waals surface area contributed by atoms with Crippen molar-refractivity contribution in [1.29, 1.82) is 5.26 Å². The maximum Gasteiger partial charge on any atom is 0.307 e. The zero-order valence-electron chi connectivity index (χ0n) is 11.5. The fourth-order valence-corrected chi connectivity index (χ4v) is 4.63. The molecule has 0 bridgehead atoms. The molecule has 110 valence electrons. The molecule has 0 unspecified atom stereocenters. The van der Waals surface area contributed by atoms with Crippen LogP contribution in [0.5, 0.6) is 0 Å². The Kier molecular flexibility index (Phi) is 3.68. The number of hydrogen-bond donors (Lipinski definition) is 2. The van der Waals surface area contributed by atoms with Crippen molar-refractivity contribution in [3.05, 3.63) is 16.0 Å². The zero-order valence-corrected chi connectivity index (χ0v) is 12.3. The van der Waals surface area contributed by atoms with Crippen molar-refractivity contribution in [2.24, 2.45) is 11.8 Å². The molecule has 1 amide bonds. The molecule has 3 rings (SSSR count). The molecule has 0 aromatic carbocycles. The number of carbonyl (C=O) groups is 2. The first-order valence-corrected chi connectivity index (χ1v) is 8.01. The predicted octanol–water partition coefficient (Wildman–Crippen LogP) is 2.55. The third kappa shape index (κ3) is 2.42. The number of hydrogen-bond acceptors (Lipinski definition) is 4. The lowest BCUT2D eigenvalue weighted by Crippen LogP contribution is -2.29. The average molecular weight is 304 g/mol. The highest BCUT2D eigenvalue weighted by Gasteiger charge is 2.38. The van der Waals surface area contributed by atoms with E-state index in [0.29, 0.717) is 23.4 Å². The monoisotopic (exact) mass is 304 g/mol. The average Bonchev–Trinajstić information content (AvgIpc) is 3.12. The van der Waals surface area contributed by atoms with E-state index in [9.17, 15) is 14.9 Å². The maximum atomic E-state index is 12.3. The summed E-state index contributed by atoms with van der Waals surface area (Å²) in [6, 6.07) is 2.19. The number of nitrogens with zero attached hydrogens (tertiary/aromatic N) is 1. The molecule has 5 nitrogen and oxygen atoms in total. The quantitative estimate of drug-likeness (QED) is 0.898. The van der Waals surface area contributed by atoms with Crippen LogP contribution in [0.4, 0.5) is 5.00 Å². The molecular formula is C15H16N2O3S. The Morgan fingerprint density at radius 1 is 1.24 bits per heavy atom. The van der Waals surface area contributed by atoms with Crippen LogP contribution in [0.3, 0.4) is 0 Å². The van der Waals surface area contributed by atoms with Gasteiger partial charge in [-0.05, 0) is 37.7 Å². The fourth-order valence-electron chi connectivity index (χ4n) is 3.38. The number of amides is 1. The lowest BCUT2D eigenvalue weighted by atomic mass is 9.95. The molecule has 1 fully saturated rings. The Morgan fingerprint density at radius 2 is 2.00 bits per heavy atom. The normalized spacial score (nSPS) is 23.6. The predicted molar refractivity (Wildman–Crippen MR) is 78.2 cm³/mol. The van der Waals surface area contributed by atoms with E-state index in [0.717, 1.165) is 31.2 Å². The summed E-state index contributed by atoms with van der Waals surface area (Å²) in [5.41, 5.74) is 1.64. The minimum atomic E-state index is -0.901. The number of carboxylic acids is 1. The molecule has 1 saturated carbocycles. The summed E-state index contributed by atoms with van der Waals surface area (Å²) in [5.74, 6) is -2.23. The minimum absolute atomic E-state index is 0.253. The summed E-state index contributed by atoms with van der Waals surface area (Å²) >= 11 is 1.47. The SMILES string of the molecule is N#Cc1c(NC(=O)[C@@H]2CCC[C@@H]2C(=O)O)sc2c1CCC2. The van der Waals surface area contributed by atoms with E-state index in [1.807, 2.05) is 0 Å². The highest BCUT2D eigenvalue weighted by Crippen LogP contribution is 2.40. The largest absolute Gasteiger partial charge is 0.481 e. The Balaban J connectivity index is 1.80. The number of aryl methyl sites for hydroxylation is 1. The number of fused-ring (bicyclic) bond motifs is 1. The number of carboxylic acid groups (broad SMARTS) is 1. The van der Waals surface area contributed by atoms with Crippen LogP contribution < -0.4 is 5.32 Å². The molecule has 1 aromatic rings. The fraction of sp³-hybridized carbons (Fsp3) is 0.533. The summed E-state index contributed by atoms with van der Waals surface area (Å²) in [4.78, 5) is 24.7. The van der Waals surface area contributed by atoms with Gasteiger partial charge in [0.15, 0.2) is 0 Å². The number of nitrogens with one attached hydrogen (secondary N) is 1. The second-order valence-corrected chi connectivity index (χ2v) is 6.75. The number of nitriles is 1. The van der Waals surface area contributed by atoms with Gasteiger partial charge in [-0.1, -0.05) is 6.42 Å². The van der Waals surface area contributed by atoms with E-state index in [1.165, 1.54) is 16.2 Å². The summed E-state index contributed by atoms with van der Waals surface area (Å²) in [7, 11) is 0. The van der Waals surface area contributed by atoms with Crippen molar-refractivity contribution in [2.75, 3.05) is 5.32 Å². The number of rotatable bonds is 3. The molecule has 0 radical (unpaired) electrons. The Labute approximate surface area is 126 Å². The molecular weight excluding hydrogens is 288 g/mol. The van der Waals surface area contributed by atoms with Crippen LogP contribution >= 0.6 is 11.3 Å². The van der Waals surface area contributed by atoms with Crippen molar-refractivity contribution >= 4 is 28.2 Å². The van der Waals surface area contributed by atoms with Crippen LogP contribution in [0.25, 0.3) is 0 Å². The standard InChI is InChI=1S/C15H16N2O3S/c16-7-11-8-3-2-6-12(8)21-14(11)17-13(18)9-4-1-5-10(9)15(19)20/h9-10H,1-6H2,(H,17,18)(H,19,20)/t9-,10+/m1/s1. The van der Waals surface area contributed by atoms with Gasteiger partial charge in [0.2, 0.25) is 5.91 Å².